The number of aryl methyl sites for hydroxylation is 1. The van der Waals surface area contributed by atoms with Crippen LogP contribution >= 0.6 is 23.2 Å². The molecule has 1 aliphatic rings. The van der Waals surface area contributed by atoms with Crippen LogP contribution in [0.15, 0.2) is 66.7 Å². The predicted octanol–water partition coefficient (Wildman–Crippen LogP) is 6.91. The van der Waals surface area contributed by atoms with Crippen LogP contribution in [0.4, 0.5) is 11.4 Å². The maximum atomic E-state index is 13.1. The number of benzene rings is 3. The van der Waals surface area contributed by atoms with Gasteiger partial charge in [0.15, 0.2) is 5.75 Å². The molecule has 2 heterocycles. The standard InChI is InChI=1S/C37H39Cl2N5O4/c1-24-36(35(44-20-8-5-9-21-44)27-10-6-7-11-30(27)41-24)48-23-28-29(38)17-18-31(34(28)39)43(4)33(46)22-40-32(45)19-14-25-12-15-26(16-13-25)37(47)42(2)3/h6-7,10-19H,5,8-9,20-23H2,1-4H3,(H,40,45). The first kappa shape index (κ1) is 34.7. The van der Waals surface area contributed by atoms with E-state index in [0.717, 1.165) is 53.8 Å². The van der Waals surface area contributed by atoms with E-state index in [-0.39, 0.29) is 30.0 Å². The molecule has 11 heteroatoms. The van der Waals surface area contributed by atoms with Gasteiger partial charge in [-0.05, 0) is 68.2 Å². The van der Waals surface area contributed by atoms with Crippen molar-refractivity contribution in [3.05, 3.63) is 99.2 Å². The second kappa shape index (κ2) is 15.5. The zero-order valence-corrected chi connectivity index (χ0v) is 29.1. The first-order chi connectivity index (χ1) is 23.0. The Morgan fingerprint density at radius 1 is 0.958 bits per heavy atom. The number of pyridine rings is 1. The minimum Gasteiger partial charge on any atom is -0.485 e. The van der Waals surface area contributed by atoms with E-state index in [4.69, 9.17) is 32.9 Å². The zero-order chi connectivity index (χ0) is 34.4. The van der Waals surface area contributed by atoms with E-state index in [0.29, 0.717) is 27.6 Å². The molecule has 1 aromatic heterocycles. The Hall–Kier alpha value is -4.60. The third kappa shape index (κ3) is 7.91. The second-order valence-corrected chi connectivity index (χ2v) is 12.7. The number of amides is 3. The van der Waals surface area contributed by atoms with Crippen molar-refractivity contribution in [3.8, 4) is 5.75 Å². The highest BCUT2D eigenvalue weighted by Crippen LogP contribution is 2.41. The van der Waals surface area contributed by atoms with Crippen molar-refractivity contribution in [2.75, 3.05) is 50.6 Å². The van der Waals surface area contributed by atoms with E-state index in [1.54, 1.807) is 63.6 Å². The van der Waals surface area contributed by atoms with Gasteiger partial charge in [0.2, 0.25) is 11.8 Å². The third-order valence-electron chi connectivity index (χ3n) is 8.33. The van der Waals surface area contributed by atoms with Gasteiger partial charge in [-0.15, -0.1) is 0 Å². The molecule has 48 heavy (non-hydrogen) atoms. The number of carbonyl (C=O) groups excluding carboxylic acids is 3. The lowest BCUT2D eigenvalue weighted by Gasteiger charge is -2.32. The van der Waals surface area contributed by atoms with Gasteiger partial charge in [0, 0.05) is 61.8 Å². The van der Waals surface area contributed by atoms with Crippen LogP contribution in [0.25, 0.3) is 17.0 Å². The Morgan fingerprint density at radius 2 is 1.67 bits per heavy atom. The summed E-state index contributed by atoms with van der Waals surface area (Å²) in [5.74, 6) is -0.233. The number of nitrogens with one attached hydrogen (secondary N) is 1. The lowest BCUT2D eigenvalue weighted by Crippen LogP contribution is -2.37. The minimum absolute atomic E-state index is 0.0705. The van der Waals surface area contributed by atoms with Crippen LogP contribution in [0.5, 0.6) is 5.75 Å². The molecule has 1 aliphatic heterocycles. The monoisotopic (exact) mass is 687 g/mol. The largest absolute Gasteiger partial charge is 0.485 e. The van der Waals surface area contributed by atoms with Crippen LogP contribution in [0, 0.1) is 6.92 Å². The van der Waals surface area contributed by atoms with Gasteiger partial charge in [0.1, 0.15) is 6.61 Å². The fraction of sp³-hybridized carbons (Fsp3) is 0.297. The molecular formula is C37H39Cl2N5O4. The van der Waals surface area contributed by atoms with Crippen molar-refractivity contribution < 1.29 is 19.1 Å². The van der Waals surface area contributed by atoms with Gasteiger partial charge in [-0.3, -0.25) is 14.4 Å². The highest BCUT2D eigenvalue weighted by molar-refractivity contribution is 6.38. The molecule has 0 spiro atoms. The molecule has 5 rings (SSSR count). The molecule has 0 saturated carbocycles. The Morgan fingerprint density at radius 3 is 2.38 bits per heavy atom. The van der Waals surface area contributed by atoms with Crippen molar-refractivity contribution in [2.45, 2.75) is 32.8 Å². The number of nitrogens with zero attached hydrogens (tertiary/aromatic N) is 4. The lowest BCUT2D eigenvalue weighted by molar-refractivity contribution is -0.122. The van der Waals surface area contributed by atoms with Crippen molar-refractivity contribution >= 4 is 69.3 Å². The third-order valence-corrected chi connectivity index (χ3v) is 9.11. The fourth-order valence-corrected chi connectivity index (χ4v) is 6.27. The molecule has 3 aromatic carbocycles. The molecule has 3 amide bonds. The molecule has 0 unspecified atom stereocenters. The normalized spacial score (nSPS) is 13.1. The van der Waals surface area contributed by atoms with E-state index >= 15 is 0 Å². The summed E-state index contributed by atoms with van der Waals surface area (Å²) in [6, 6.07) is 18.3. The number of anilines is 2. The summed E-state index contributed by atoms with van der Waals surface area (Å²) < 4.78 is 6.48. The predicted molar refractivity (Wildman–Crippen MR) is 193 cm³/mol. The van der Waals surface area contributed by atoms with Gasteiger partial charge < -0.3 is 24.8 Å². The number of hydrogen-bond donors (Lipinski definition) is 1. The topological polar surface area (TPSA) is 95.1 Å². The molecule has 0 bridgehead atoms. The molecule has 1 saturated heterocycles. The SMILES string of the molecule is Cc1nc2ccccc2c(N2CCCCC2)c1OCc1c(Cl)ccc(N(C)C(=O)CNC(=O)C=Cc2ccc(C(=O)N(C)C)cc2)c1Cl. The van der Waals surface area contributed by atoms with Gasteiger partial charge in [0.05, 0.1) is 34.2 Å². The van der Waals surface area contributed by atoms with E-state index in [9.17, 15) is 14.4 Å². The molecule has 9 nitrogen and oxygen atoms in total. The first-order valence-electron chi connectivity index (χ1n) is 15.8. The summed E-state index contributed by atoms with van der Waals surface area (Å²) in [7, 11) is 4.96. The van der Waals surface area contributed by atoms with E-state index in [1.807, 2.05) is 25.1 Å². The Kier molecular flexibility index (Phi) is 11.2. The molecular weight excluding hydrogens is 649 g/mol. The number of carbonyl (C=O) groups is 3. The number of para-hydroxylation sites is 1. The molecule has 1 N–H and O–H groups in total. The van der Waals surface area contributed by atoms with Crippen LogP contribution in [0.1, 0.15) is 46.4 Å². The van der Waals surface area contributed by atoms with Gasteiger partial charge in [-0.1, -0.05) is 53.5 Å². The molecule has 0 aliphatic carbocycles. The van der Waals surface area contributed by atoms with Crippen LogP contribution in [0.3, 0.4) is 0 Å². The second-order valence-electron chi connectivity index (χ2n) is 11.9. The number of ether oxygens (including phenoxy) is 1. The van der Waals surface area contributed by atoms with Crippen molar-refractivity contribution in [2.24, 2.45) is 0 Å². The van der Waals surface area contributed by atoms with Crippen molar-refractivity contribution in [3.63, 3.8) is 0 Å². The number of rotatable bonds is 10. The average Bonchev–Trinajstić information content (AvgIpc) is 3.09. The smallest absolute Gasteiger partial charge is 0.253 e. The molecule has 4 aromatic rings. The van der Waals surface area contributed by atoms with Gasteiger partial charge in [-0.2, -0.15) is 0 Å². The maximum absolute atomic E-state index is 13.1. The van der Waals surface area contributed by atoms with Crippen LogP contribution in [-0.2, 0) is 16.2 Å². The molecule has 1 fully saturated rings. The number of fused-ring (bicyclic) bond motifs is 1. The first-order valence-corrected chi connectivity index (χ1v) is 16.6. The van der Waals surface area contributed by atoms with Crippen LogP contribution in [0.2, 0.25) is 10.0 Å². The summed E-state index contributed by atoms with van der Waals surface area (Å²) in [5, 5.41) is 4.34. The summed E-state index contributed by atoms with van der Waals surface area (Å²) in [4.78, 5) is 47.7. The van der Waals surface area contributed by atoms with E-state index in [2.05, 4.69) is 16.3 Å². The Labute approximate surface area is 291 Å². The summed E-state index contributed by atoms with van der Waals surface area (Å²) in [5.41, 5.74) is 4.97. The quantitative estimate of drug-likeness (QED) is 0.182. The van der Waals surface area contributed by atoms with E-state index in [1.165, 1.54) is 22.3 Å². The van der Waals surface area contributed by atoms with Crippen LogP contribution < -0.4 is 19.9 Å². The van der Waals surface area contributed by atoms with Gasteiger partial charge in [0.25, 0.3) is 5.91 Å². The van der Waals surface area contributed by atoms with Crippen molar-refractivity contribution in [1.82, 2.24) is 15.2 Å². The number of halogens is 2. The number of likely N-dealkylation sites (N-methyl/N-ethyl adjacent to an activating group) is 1. The minimum atomic E-state index is -0.439. The summed E-state index contributed by atoms with van der Waals surface area (Å²) in [6.45, 7) is 3.64. The summed E-state index contributed by atoms with van der Waals surface area (Å²) in [6.07, 6.45) is 6.37. The Bertz CT molecular complexity index is 1850. The molecule has 0 atom stereocenters. The maximum Gasteiger partial charge on any atom is 0.253 e. The highest BCUT2D eigenvalue weighted by atomic mass is 35.5. The fourth-order valence-electron chi connectivity index (χ4n) is 5.66. The number of piperidine rings is 1. The van der Waals surface area contributed by atoms with E-state index < -0.39 is 5.91 Å². The number of hydrogen-bond acceptors (Lipinski definition) is 6. The van der Waals surface area contributed by atoms with Gasteiger partial charge >= 0.3 is 0 Å². The zero-order valence-electron chi connectivity index (χ0n) is 27.6. The van der Waals surface area contributed by atoms with Gasteiger partial charge in [-0.25, -0.2) is 4.98 Å². The molecule has 0 radical (unpaired) electrons. The molecule has 250 valence electrons. The van der Waals surface area contributed by atoms with Crippen molar-refractivity contribution in [1.29, 1.82) is 0 Å². The Balaban J connectivity index is 1.26. The summed E-state index contributed by atoms with van der Waals surface area (Å²) >= 11 is 13.5. The van der Waals surface area contributed by atoms with Crippen LogP contribution in [-0.4, -0.2) is 68.4 Å². The average molecular weight is 689 g/mol. The highest BCUT2D eigenvalue weighted by Gasteiger charge is 2.24. The lowest BCUT2D eigenvalue weighted by atomic mass is 10.1. The number of aromatic nitrogens is 1.